The van der Waals surface area contributed by atoms with Gasteiger partial charge in [0.2, 0.25) is 5.88 Å². The van der Waals surface area contributed by atoms with Gasteiger partial charge in [0.1, 0.15) is 12.4 Å². The lowest BCUT2D eigenvalue weighted by Crippen LogP contribution is -2.12. The smallest absolute Gasteiger partial charge is 0.213 e. The molecule has 0 aliphatic carbocycles. The molecule has 7 heteroatoms. The van der Waals surface area contributed by atoms with Gasteiger partial charge in [-0.1, -0.05) is 44.5 Å². The number of aryl methyl sites for hydroxylation is 1. The number of methoxy groups -OCH3 is 1. The zero-order valence-corrected chi connectivity index (χ0v) is 19.9. The number of aromatic nitrogens is 3. The zero-order chi connectivity index (χ0) is 23.1. The average Bonchev–Trinajstić information content (AvgIpc) is 3.19. The van der Waals surface area contributed by atoms with Gasteiger partial charge < -0.3 is 9.47 Å². The van der Waals surface area contributed by atoms with Gasteiger partial charge >= 0.3 is 0 Å². The van der Waals surface area contributed by atoms with Crippen LogP contribution >= 0.6 is 11.6 Å². The molecule has 0 spiro atoms. The monoisotopic (exact) mass is 455 g/mol. The van der Waals surface area contributed by atoms with Crippen molar-refractivity contribution in [3.8, 4) is 11.6 Å². The number of benzene rings is 1. The molecule has 0 fully saturated rings. The number of carbonyl (C=O) groups is 1. The van der Waals surface area contributed by atoms with Crippen LogP contribution in [0.3, 0.4) is 0 Å². The summed E-state index contributed by atoms with van der Waals surface area (Å²) in [6, 6.07) is 13.3. The molecule has 0 radical (unpaired) electrons. The Kier molecular flexibility index (Phi) is 8.04. The minimum atomic E-state index is -0.0959. The molecule has 0 N–H and O–H groups in total. The van der Waals surface area contributed by atoms with Gasteiger partial charge in [0.05, 0.1) is 18.0 Å². The lowest BCUT2D eigenvalue weighted by Gasteiger charge is -2.14. The lowest BCUT2D eigenvalue weighted by atomic mass is 9.92. The third kappa shape index (κ3) is 6.65. The molecule has 2 heterocycles. The Morgan fingerprint density at radius 1 is 1.12 bits per heavy atom. The highest BCUT2D eigenvalue weighted by molar-refractivity contribution is 6.30. The molecule has 0 bridgehead atoms. The zero-order valence-electron chi connectivity index (χ0n) is 19.1. The van der Waals surface area contributed by atoms with Gasteiger partial charge in [-0.25, -0.2) is 9.67 Å². The van der Waals surface area contributed by atoms with Crippen LogP contribution in [0, 0.1) is 0 Å². The van der Waals surface area contributed by atoms with Crippen LogP contribution in [0.1, 0.15) is 44.1 Å². The molecule has 0 saturated heterocycles. The maximum Gasteiger partial charge on any atom is 0.213 e. The lowest BCUT2D eigenvalue weighted by molar-refractivity contribution is -0.118. The fraction of sp³-hybridized carbons (Fsp3) is 0.400. The molecule has 0 amide bonds. The molecule has 0 atom stereocenters. The van der Waals surface area contributed by atoms with Crippen molar-refractivity contribution in [3.63, 3.8) is 0 Å². The van der Waals surface area contributed by atoms with Crippen molar-refractivity contribution in [3.05, 3.63) is 70.6 Å². The number of ether oxygens (including phenoxy) is 2. The molecule has 1 aromatic carbocycles. The second-order valence-corrected chi connectivity index (χ2v) is 9.16. The Labute approximate surface area is 194 Å². The normalized spacial score (nSPS) is 11.5. The van der Waals surface area contributed by atoms with Gasteiger partial charge in [-0.05, 0) is 36.2 Å². The van der Waals surface area contributed by atoms with E-state index in [9.17, 15) is 4.79 Å². The molecule has 2 aromatic heterocycles. The van der Waals surface area contributed by atoms with E-state index in [2.05, 4.69) is 31.8 Å². The highest BCUT2D eigenvalue weighted by atomic mass is 35.5. The van der Waals surface area contributed by atoms with E-state index in [0.717, 1.165) is 22.6 Å². The molecule has 6 nitrogen and oxygen atoms in total. The van der Waals surface area contributed by atoms with Crippen molar-refractivity contribution < 1.29 is 14.3 Å². The van der Waals surface area contributed by atoms with E-state index in [1.165, 1.54) is 0 Å². The van der Waals surface area contributed by atoms with Gasteiger partial charge in [0, 0.05) is 48.3 Å². The number of Topliss-reactive ketones (excluding diaryl/α,β-unsaturated/α-hetero) is 1. The summed E-state index contributed by atoms with van der Waals surface area (Å²) < 4.78 is 12.3. The van der Waals surface area contributed by atoms with E-state index in [4.69, 9.17) is 26.2 Å². The van der Waals surface area contributed by atoms with Crippen molar-refractivity contribution in [1.29, 1.82) is 0 Å². The van der Waals surface area contributed by atoms with Crippen LogP contribution in [0.15, 0.2) is 48.7 Å². The van der Waals surface area contributed by atoms with E-state index in [-0.39, 0.29) is 11.2 Å². The number of hydrogen-bond donors (Lipinski definition) is 0. The van der Waals surface area contributed by atoms with Gasteiger partial charge in [0.25, 0.3) is 0 Å². The molecule has 0 saturated carbocycles. The molecule has 3 rings (SSSR count). The first-order chi connectivity index (χ1) is 15.3. The highest BCUT2D eigenvalue weighted by Crippen LogP contribution is 2.25. The summed E-state index contributed by atoms with van der Waals surface area (Å²) in [5.41, 5.74) is 3.64. The standard InChI is InChI=1S/C25H30ClN3O3/c1-25(2,3)23-16-21(29(28-23)20-7-5-6-19(26)15-20)9-10-22(30)14-18-8-11-24(27-17-18)32-13-12-31-4/h5-8,11,15-17H,9-10,12-14H2,1-4H3. The summed E-state index contributed by atoms with van der Waals surface area (Å²) in [6.07, 6.45) is 3.04. The van der Waals surface area contributed by atoms with E-state index in [1.54, 1.807) is 19.4 Å². The van der Waals surface area contributed by atoms with Gasteiger partial charge in [-0.3, -0.25) is 4.79 Å². The third-order valence-corrected chi connectivity index (χ3v) is 5.24. The van der Waals surface area contributed by atoms with Gasteiger partial charge in [-0.2, -0.15) is 5.10 Å². The fourth-order valence-electron chi connectivity index (χ4n) is 3.21. The van der Waals surface area contributed by atoms with Crippen molar-refractivity contribution in [2.45, 2.75) is 45.4 Å². The van der Waals surface area contributed by atoms with E-state index in [0.29, 0.717) is 43.4 Å². The predicted octanol–water partition coefficient (Wildman–Crippen LogP) is 4.99. The molecule has 170 valence electrons. The second-order valence-electron chi connectivity index (χ2n) is 8.72. The van der Waals surface area contributed by atoms with Crippen LogP contribution in [0.2, 0.25) is 5.02 Å². The Morgan fingerprint density at radius 3 is 2.59 bits per heavy atom. The van der Waals surface area contributed by atoms with Gasteiger partial charge in [0.15, 0.2) is 0 Å². The Bertz CT molecular complexity index is 1040. The average molecular weight is 456 g/mol. The topological polar surface area (TPSA) is 66.2 Å². The first-order valence-electron chi connectivity index (χ1n) is 10.7. The number of halogens is 1. The molecular formula is C25H30ClN3O3. The molecule has 0 aliphatic heterocycles. The van der Waals surface area contributed by atoms with Crippen LogP contribution < -0.4 is 4.74 Å². The molecule has 0 aliphatic rings. The first-order valence-corrected chi connectivity index (χ1v) is 11.1. The summed E-state index contributed by atoms with van der Waals surface area (Å²) in [7, 11) is 1.62. The summed E-state index contributed by atoms with van der Waals surface area (Å²) in [6.45, 7) is 7.33. The van der Waals surface area contributed by atoms with Crippen molar-refractivity contribution in [2.24, 2.45) is 0 Å². The van der Waals surface area contributed by atoms with E-state index in [1.807, 2.05) is 35.0 Å². The molecular weight excluding hydrogens is 426 g/mol. The van der Waals surface area contributed by atoms with Crippen molar-refractivity contribution >= 4 is 17.4 Å². The van der Waals surface area contributed by atoms with Crippen LogP contribution in [0.4, 0.5) is 0 Å². The number of rotatable bonds is 10. The third-order valence-electron chi connectivity index (χ3n) is 5.00. The first kappa shape index (κ1) is 24.0. The predicted molar refractivity (Wildman–Crippen MR) is 126 cm³/mol. The Hall–Kier alpha value is -2.70. The Morgan fingerprint density at radius 2 is 1.94 bits per heavy atom. The van der Waals surface area contributed by atoms with Crippen molar-refractivity contribution in [2.75, 3.05) is 20.3 Å². The number of ketones is 1. The van der Waals surface area contributed by atoms with E-state index < -0.39 is 0 Å². The fourth-order valence-corrected chi connectivity index (χ4v) is 3.39. The van der Waals surface area contributed by atoms with E-state index >= 15 is 0 Å². The highest BCUT2D eigenvalue weighted by Gasteiger charge is 2.21. The number of carbonyl (C=O) groups excluding carboxylic acids is 1. The Balaban J connectivity index is 1.66. The van der Waals surface area contributed by atoms with Crippen LogP contribution in [0.5, 0.6) is 5.88 Å². The largest absolute Gasteiger partial charge is 0.475 e. The van der Waals surface area contributed by atoms with Crippen LogP contribution in [0.25, 0.3) is 5.69 Å². The SMILES string of the molecule is COCCOc1ccc(CC(=O)CCc2cc(C(C)(C)C)nn2-c2cccc(Cl)c2)cn1. The number of pyridine rings is 1. The molecule has 0 unspecified atom stereocenters. The minimum absolute atomic E-state index is 0.0959. The summed E-state index contributed by atoms with van der Waals surface area (Å²) in [4.78, 5) is 16.9. The summed E-state index contributed by atoms with van der Waals surface area (Å²) in [5.74, 6) is 0.675. The maximum atomic E-state index is 12.7. The number of hydrogen-bond acceptors (Lipinski definition) is 5. The number of nitrogens with zero attached hydrogens (tertiary/aromatic N) is 3. The summed E-state index contributed by atoms with van der Waals surface area (Å²) in [5, 5.41) is 5.46. The second kappa shape index (κ2) is 10.7. The van der Waals surface area contributed by atoms with Crippen molar-refractivity contribution in [1.82, 2.24) is 14.8 Å². The quantitative estimate of drug-likeness (QED) is 0.403. The molecule has 32 heavy (non-hydrogen) atoms. The minimum Gasteiger partial charge on any atom is -0.475 e. The summed E-state index contributed by atoms with van der Waals surface area (Å²) >= 11 is 6.19. The van der Waals surface area contributed by atoms with Crippen LogP contribution in [-0.4, -0.2) is 40.9 Å². The maximum absolute atomic E-state index is 12.7. The van der Waals surface area contributed by atoms with Crippen LogP contribution in [-0.2, 0) is 27.8 Å². The van der Waals surface area contributed by atoms with Gasteiger partial charge in [-0.15, -0.1) is 0 Å². The molecule has 3 aromatic rings.